The van der Waals surface area contributed by atoms with E-state index in [2.05, 4.69) is 4.72 Å². The molecule has 1 saturated carbocycles. The standard InChI is InChI=1S/C25H31ClN2O5S/c1-33-21-9-11-22(12-10-21)34(31,32)27-23(16-18-5-7-20(26)8-6-18)24(29)28-15-14-25(30)13-3-2-4-19(25)17-28/h5-12,19,23,27,30H,2-4,13-17H2,1H3/t19-,23-,25-/m0/s1. The third-order valence-electron chi connectivity index (χ3n) is 7.06. The Balaban J connectivity index is 1.57. The average Bonchev–Trinajstić information content (AvgIpc) is 2.84. The van der Waals surface area contributed by atoms with Crippen molar-refractivity contribution in [3.63, 3.8) is 0 Å². The Morgan fingerprint density at radius 2 is 1.88 bits per heavy atom. The molecule has 0 radical (unpaired) electrons. The van der Waals surface area contributed by atoms with Crippen LogP contribution in [0.25, 0.3) is 0 Å². The van der Waals surface area contributed by atoms with Gasteiger partial charge in [0.2, 0.25) is 15.9 Å². The fourth-order valence-corrected chi connectivity index (χ4v) is 6.35. The zero-order valence-corrected chi connectivity index (χ0v) is 20.8. The van der Waals surface area contributed by atoms with Crippen molar-refractivity contribution in [2.45, 2.75) is 55.1 Å². The molecule has 1 heterocycles. The predicted molar refractivity (Wildman–Crippen MR) is 130 cm³/mol. The van der Waals surface area contributed by atoms with Crippen LogP contribution in [0.5, 0.6) is 5.75 Å². The molecule has 2 fully saturated rings. The highest BCUT2D eigenvalue weighted by Gasteiger charge is 2.44. The minimum atomic E-state index is -3.96. The van der Waals surface area contributed by atoms with Crippen molar-refractivity contribution in [2.24, 2.45) is 5.92 Å². The van der Waals surface area contributed by atoms with Crippen LogP contribution in [0, 0.1) is 5.92 Å². The minimum absolute atomic E-state index is 0.0216. The fraction of sp³-hybridized carbons (Fsp3) is 0.480. The highest BCUT2D eigenvalue weighted by atomic mass is 35.5. The predicted octanol–water partition coefficient (Wildman–Crippen LogP) is 3.39. The van der Waals surface area contributed by atoms with Crippen LogP contribution in [0.2, 0.25) is 5.02 Å². The number of fused-ring (bicyclic) bond motifs is 1. The van der Waals surface area contributed by atoms with Gasteiger partial charge in [0.1, 0.15) is 11.8 Å². The number of sulfonamides is 1. The van der Waals surface area contributed by atoms with E-state index in [4.69, 9.17) is 16.3 Å². The number of amides is 1. The molecule has 1 aliphatic heterocycles. The number of piperidine rings is 1. The summed E-state index contributed by atoms with van der Waals surface area (Å²) in [6.07, 6.45) is 4.38. The number of halogens is 1. The van der Waals surface area contributed by atoms with Crippen LogP contribution in [0.1, 0.15) is 37.7 Å². The number of hydrogen-bond acceptors (Lipinski definition) is 5. The molecule has 0 spiro atoms. The number of ether oxygens (including phenoxy) is 1. The van der Waals surface area contributed by atoms with Gasteiger partial charge in [-0.1, -0.05) is 36.6 Å². The lowest BCUT2D eigenvalue weighted by molar-refractivity contribution is -0.145. The Morgan fingerprint density at radius 1 is 1.18 bits per heavy atom. The molecule has 184 valence electrons. The molecule has 0 unspecified atom stereocenters. The second-order valence-corrected chi connectivity index (χ2v) is 11.4. The summed E-state index contributed by atoms with van der Waals surface area (Å²) in [5.74, 6) is 0.286. The molecule has 9 heteroatoms. The summed E-state index contributed by atoms with van der Waals surface area (Å²) < 4.78 is 34.1. The van der Waals surface area contributed by atoms with E-state index in [1.54, 1.807) is 41.3 Å². The molecule has 2 N–H and O–H groups in total. The number of rotatable bonds is 7. The first kappa shape index (κ1) is 25.0. The minimum Gasteiger partial charge on any atom is -0.497 e. The molecule has 0 bridgehead atoms. The Labute approximate surface area is 206 Å². The smallest absolute Gasteiger partial charge is 0.241 e. The average molecular weight is 507 g/mol. The molecule has 2 aromatic carbocycles. The number of nitrogens with one attached hydrogen (secondary N) is 1. The summed E-state index contributed by atoms with van der Waals surface area (Å²) in [4.78, 5) is 15.4. The van der Waals surface area contributed by atoms with Gasteiger partial charge in [-0.3, -0.25) is 4.79 Å². The molecule has 3 atom stereocenters. The van der Waals surface area contributed by atoms with Gasteiger partial charge in [0.05, 0.1) is 17.6 Å². The summed E-state index contributed by atoms with van der Waals surface area (Å²) in [7, 11) is -2.45. The van der Waals surface area contributed by atoms with Gasteiger partial charge >= 0.3 is 0 Å². The first-order valence-electron chi connectivity index (χ1n) is 11.6. The van der Waals surface area contributed by atoms with E-state index in [1.165, 1.54) is 19.2 Å². The summed E-state index contributed by atoms with van der Waals surface area (Å²) in [6, 6.07) is 12.1. The molecule has 4 rings (SSSR count). The van der Waals surface area contributed by atoms with E-state index in [-0.39, 0.29) is 23.1 Å². The van der Waals surface area contributed by atoms with Gasteiger partial charge in [0.25, 0.3) is 0 Å². The fourth-order valence-electron chi connectivity index (χ4n) is 5.04. The maximum absolute atomic E-state index is 13.6. The molecule has 1 aliphatic carbocycles. The van der Waals surface area contributed by atoms with E-state index < -0.39 is 21.7 Å². The largest absolute Gasteiger partial charge is 0.497 e. The normalized spacial score (nSPS) is 23.7. The number of carbonyl (C=O) groups is 1. The molecular weight excluding hydrogens is 476 g/mol. The molecule has 2 aliphatic rings. The number of methoxy groups -OCH3 is 1. The van der Waals surface area contributed by atoms with Crippen molar-refractivity contribution in [3.8, 4) is 5.75 Å². The van der Waals surface area contributed by atoms with Crippen LogP contribution in [0.3, 0.4) is 0 Å². The van der Waals surface area contributed by atoms with E-state index in [0.717, 1.165) is 31.2 Å². The van der Waals surface area contributed by atoms with Crippen molar-refractivity contribution < 1.29 is 23.1 Å². The van der Waals surface area contributed by atoms with Gasteiger partial charge in [0.15, 0.2) is 0 Å². The van der Waals surface area contributed by atoms with Gasteiger partial charge < -0.3 is 14.7 Å². The Morgan fingerprint density at radius 3 is 2.56 bits per heavy atom. The molecule has 2 aromatic rings. The molecule has 0 aromatic heterocycles. The van der Waals surface area contributed by atoms with Crippen LogP contribution < -0.4 is 9.46 Å². The first-order valence-corrected chi connectivity index (χ1v) is 13.5. The van der Waals surface area contributed by atoms with Crippen LogP contribution in [-0.4, -0.2) is 56.2 Å². The van der Waals surface area contributed by atoms with Crippen LogP contribution in [-0.2, 0) is 21.2 Å². The second kappa shape index (κ2) is 10.2. The molecule has 7 nitrogen and oxygen atoms in total. The lowest BCUT2D eigenvalue weighted by atomic mass is 9.71. The van der Waals surface area contributed by atoms with Gasteiger partial charge in [-0.15, -0.1) is 0 Å². The third-order valence-corrected chi connectivity index (χ3v) is 8.80. The summed E-state index contributed by atoms with van der Waals surface area (Å²) in [5, 5.41) is 11.6. The number of benzene rings is 2. The quantitative estimate of drug-likeness (QED) is 0.600. The van der Waals surface area contributed by atoms with Crippen molar-refractivity contribution in [3.05, 3.63) is 59.1 Å². The monoisotopic (exact) mass is 506 g/mol. The zero-order chi connectivity index (χ0) is 24.3. The maximum Gasteiger partial charge on any atom is 0.241 e. The van der Waals surface area contributed by atoms with Crippen LogP contribution in [0.4, 0.5) is 0 Å². The highest BCUT2D eigenvalue weighted by molar-refractivity contribution is 7.89. The summed E-state index contributed by atoms with van der Waals surface area (Å²) >= 11 is 6.00. The molecule has 1 saturated heterocycles. The Bertz CT molecular complexity index is 1110. The molecule has 34 heavy (non-hydrogen) atoms. The highest BCUT2D eigenvalue weighted by Crippen LogP contribution is 2.40. The lowest BCUT2D eigenvalue weighted by Gasteiger charge is -2.48. The van der Waals surface area contributed by atoms with E-state index in [9.17, 15) is 18.3 Å². The lowest BCUT2D eigenvalue weighted by Crippen LogP contribution is -2.58. The second-order valence-electron chi connectivity index (χ2n) is 9.26. The first-order chi connectivity index (χ1) is 16.2. The van der Waals surface area contributed by atoms with Crippen LogP contribution >= 0.6 is 11.6 Å². The Hall–Kier alpha value is -2.13. The van der Waals surface area contributed by atoms with Crippen molar-refractivity contribution in [1.82, 2.24) is 9.62 Å². The topological polar surface area (TPSA) is 95.9 Å². The van der Waals surface area contributed by atoms with E-state index in [1.807, 2.05) is 0 Å². The summed E-state index contributed by atoms with van der Waals surface area (Å²) in [6.45, 7) is 0.851. The number of aliphatic hydroxyl groups is 1. The SMILES string of the molecule is COc1ccc(S(=O)(=O)N[C@@H](Cc2ccc(Cl)cc2)C(=O)N2CC[C@@]3(O)CCCC[C@H]3C2)cc1. The van der Waals surface area contributed by atoms with E-state index in [0.29, 0.717) is 30.3 Å². The third kappa shape index (κ3) is 5.57. The van der Waals surface area contributed by atoms with Gasteiger partial charge in [-0.25, -0.2) is 8.42 Å². The molecule has 1 amide bonds. The number of carbonyl (C=O) groups excluding carboxylic acids is 1. The van der Waals surface area contributed by atoms with Crippen molar-refractivity contribution in [2.75, 3.05) is 20.2 Å². The van der Waals surface area contributed by atoms with Gasteiger partial charge in [-0.05, 0) is 67.6 Å². The van der Waals surface area contributed by atoms with E-state index >= 15 is 0 Å². The summed E-state index contributed by atoms with van der Waals surface area (Å²) in [5.41, 5.74) is 0.0786. The van der Waals surface area contributed by atoms with Gasteiger partial charge in [-0.2, -0.15) is 4.72 Å². The zero-order valence-electron chi connectivity index (χ0n) is 19.2. The number of likely N-dealkylation sites (tertiary alicyclic amines) is 1. The molecular formula is C25H31ClN2O5S. The number of nitrogens with zero attached hydrogens (tertiary/aromatic N) is 1. The van der Waals surface area contributed by atoms with Gasteiger partial charge in [0, 0.05) is 24.0 Å². The Kier molecular flexibility index (Phi) is 7.52. The maximum atomic E-state index is 13.6. The number of hydrogen-bond donors (Lipinski definition) is 2. The van der Waals surface area contributed by atoms with Crippen molar-refractivity contribution in [1.29, 1.82) is 0 Å². The van der Waals surface area contributed by atoms with Crippen molar-refractivity contribution >= 4 is 27.5 Å². The van der Waals surface area contributed by atoms with Crippen LogP contribution in [0.15, 0.2) is 53.4 Å².